The van der Waals surface area contributed by atoms with Crippen LogP contribution in [0.5, 0.6) is 0 Å². The minimum atomic E-state index is -0.282. The van der Waals surface area contributed by atoms with Gasteiger partial charge in [0.25, 0.3) is 5.88 Å². The average molecular weight is 380 g/mol. The Kier molecular flexibility index (Phi) is 4.93. The van der Waals surface area contributed by atoms with Crippen LogP contribution in [0.15, 0.2) is 39.6 Å². The first kappa shape index (κ1) is 18.3. The lowest BCUT2D eigenvalue weighted by Crippen LogP contribution is -2.47. The van der Waals surface area contributed by atoms with E-state index in [4.69, 9.17) is 5.26 Å². The molecule has 1 spiro atoms. The van der Waals surface area contributed by atoms with Crippen molar-refractivity contribution >= 4 is 18.0 Å². The number of aliphatic hydroxyl groups excluding tert-OH is 1. The zero-order chi connectivity index (χ0) is 19.6. The second-order valence-electron chi connectivity index (χ2n) is 7.86. The molecule has 8 nitrogen and oxygen atoms in total. The highest BCUT2D eigenvalue weighted by Crippen LogP contribution is 2.48. The first-order valence-electron chi connectivity index (χ1n) is 9.77. The summed E-state index contributed by atoms with van der Waals surface area (Å²) >= 11 is 0. The summed E-state index contributed by atoms with van der Waals surface area (Å²) in [5.74, 6) is 0.284. The molecular weight excluding hydrogens is 356 g/mol. The van der Waals surface area contributed by atoms with Crippen LogP contribution in [0, 0.1) is 16.7 Å². The van der Waals surface area contributed by atoms with Crippen LogP contribution in [0.4, 0.5) is 0 Å². The Morgan fingerprint density at radius 3 is 2.79 bits per heavy atom. The molecule has 0 radical (unpaired) electrons. The largest absolute Gasteiger partial charge is 0.488 e. The van der Waals surface area contributed by atoms with Crippen molar-refractivity contribution < 1.29 is 9.90 Å². The van der Waals surface area contributed by atoms with E-state index >= 15 is 0 Å². The minimum absolute atomic E-state index is 0.104. The number of amides is 1. The molecule has 1 unspecified atom stereocenters. The average Bonchev–Trinajstić information content (AvgIpc) is 2.69. The normalized spacial score (nSPS) is 25.4. The van der Waals surface area contributed by atoms with Crippen molar-refractivity contribution in [3.8, 4) is 6.07 Å². The van der Waals surface area contributed by atoms with Gasteiger partial charge in [0, 0.05) is 25.4 Å². The second-order valence-corrected chi connectivity index (χ2v) is 7.86. The Morgan fingerprint density at radius 2 is 2.18 bits per heavy atom. The summed E-state index contributed by atoms with van der Waals surface area (Å²) < 4.78 is 0. The Labute approximate surface area is 164 Å². The fourth-order valence-corrected chi connectivity index (χ4v) is 4.14. The summed E-state index contributed by atoms with van der Waals surface area (Å²) in [7, 11) is 0. The number of carbonyl (C=O) groups is 1. The molecule has 8 heteroatoms. The van der Waals surface area contributed by atoms with E-state index in [2.05, 4.69) is 26.0 Å². The predicted octanol–water partition coefficient (Wildman–Crippen LogP) is 1.80. The van der Waals surface area contributed by atoms with Crippen molar-refractivity contribution in [1.82, 2.24) is 15.2 Å². The third kappa shape index (κ3) is 3.80. The number of piperidine rings is 1. The number of allylic oxidation sites excluding steroid dienone is 1. The van der Waals surface area contributed by atoms with Gasteiger partial charge in [0.1, 0.15) is 18.3 Å². The van der Waals surface area contributed by atoms with Gasteiger partial charge in [0.2, 0.25) is 5.91 Å². The van der Waals surface area contributed by atoms with Gasteiger partial charge in [-0.25, -0.2) is 10.0 Å². The van der Waals surface area contributed by atoms with Gasteiger partial charge in [-0.2, -0.15) is 10.4 Å². The third-order valence-corrected chi connectivity index (χ3v) is 6.07. The van der Waals surface area contributed by atoms with Crippen molar-refractivity contribution in [2.45, 2.75) is 44.6 Å². The molecule has 1 amide bonds. The minimum Gasteiger partial charge on any atom is -0.488 e. The monoisotopic (exact) mass is 380 g/mol. The van der Waals surface area contributed by atoms with Gasteiger partial charge in [0.05, 0.1) is 6.04 Å². The van der Waals surface area contributed by atoms with E-state index in [9.17, 15) is 9.90 Å². The van der Waals surface area contributed by atoms with E-state index in [0.29, 0.717) is 17.5 Å². The third-order valence-electron chi connectivity index (χ3n) is 6.07. The quantitative estimate of drug-likeness (QED) is 0.727. The number of nitriles is 1. The molecule has 3 heterocycles. The number of hydrogen-bond donors (Lipinski definition) is 2. The number of likely N-dealkylation sites (tertiary alicyclic amines) is 1. The van der Waals surface area contributed by atoms with E-state index in [-0.39, 0.29) is 24.4 Å². The Balaban J connectivity index is 1.33. The highest BCUT2D eigenvalue weighted by molar-refractivity contribution is 5.93. The SMILES string of the molecule is N#CC1=CCC(NC(=O)CN2N=C(N3CCC4(CCC4)CC3)C=C=C2O)C=N1. The van der Waals surface area contributed by atoms with Crippen LogP contribution in [0.1, 0.15) is 38.5 Å². The van der Waals surface area contributed by atoms with Gasteiger partial charge in [-0.1, -0.05) is 12.2 Å². The number of amidine groups is 1. The van der Waals surface area contributed by atoms with Crippen LogP contribution in [0.2, 0.25) is 0 Å². The van der Waals surface area contributed by atoms with Gasteiger partial charge in [-0.3, -0.25) is 4.79 Å². The topological polar surface area (TPSA) is 104 Å². The molecule has 28 heavy (non-hydrogen) atoms. The predicted molar refractivity (Wildman–Crippen MR) is 104 cm³/mol. The van der Waals surface area contributed by atoms with E-state index in [1.54, 1.807) is 18.4 Å². The number of nitrogens with zero attached hydrogens (tertiary/aromatic N) is 5. The van der Waals surface area contributed by atoms with Crippen LogP contribution in [-0.2, 0) is 4.79 Å². The molecule has 1 saturated heterocycles. The smallest absolute Gasteiger partial charge is 0.255 e. The summed E-state index contributed by atoms with van der Waals surface area (Å²) in [5.41, 5.74) is 3.70. The number of aliphatic hydroxyl groups is 1. The van der Waals surface area contributed by atoms with Crippen molar-refractivity contribution in [2.75, 3.05) is 19.6 Å². The molecular formula is C20H24N6O2. The van der Waals surface area contributed by atoms with Crippen molar-refractivity contribution in [1.29, 1.82) is 5.26 Å². The molecule has 3 aliphatic heterocycles. The summed E-state index contributed by atoms with van der Waals surface area (Å²) in [6.45, 7) is 1.79. The molecule has 4 rings (SSSR count). The molecule has 146 valence electrons. The molecule has 1 aliphatic carbocycles. The molecule has 0 aromatic heterocycles. The Bertz CT molecular complexity index is 844. The molecule has 2 N–H and O–H groups in total. The maximum absolute atomic E-state index is 12.3. The number of aliphatic imine (C=N–C) groups is 1. The van der Waals surface area contributed by atoms with Crippen LogP contribution >= 0.6 is 0 Å². The number of hydrogen-bond acceptors (Lipinski definition) is 7. The lowest BCUT2D eigenvalue weighted by molar-refractivity contribution is -0.122. The van der Waals surface area contributed by atoms with Crippen molar-refractivity contribution in [3.05, 3.63) is 29.5 Å². The van der Waals surface area contributed by atoms with Crippen molar-refractivity contribution in [2.24, 2.45) is 15.5 Å². The van der Waals surface area contributed by atoms with Gasteiger partial charge in [-0.05, 0) is 43.6 Å². The van der Waals surface area contributed by atoms with E-state index < -0.39 is 0 Å². The number of carbonyl (C=O) groups excluding carboxylic acids is 1. The standard InChI is InChI=1S/C20H24N6O2/c21-12-15-2-3-16(13-22-15)23-18(27)14-26-19(28)5-4-17(24-26)25-10-8-20(9-11-25)6-1-7-20/h2,4,13,16,28H,1,3,6-11,14H2,(H,23,27). The maximum atomic E-state index is 12.3. The molecule has 0 aromatic rings. The lowest BCUT2D eigenvalue weighted by atomic mass is 9.63. The van der Waals surface area contributed by atoms with Crippen LogP contribution < -0.4 is 5.32 Å². The molecule has 0 aromatic carbocycles. The maximum Gasteiger partial charge on any atom is 0.255 e. The van der Waals surface area contributed by atoms with Crippen LogP contribution in [0.25, 0.3) is 0 Å². The highest BCUT2D eigenvalue weighted by Gasteiger charge is 2.40. The van der Waals surface area contributed by atoms with Crippen LogP contribution in [0.3, 0.4) is 0 Å². The zero-order valence-electron chi connectivity index (χ0n) is 15.8. The summed E-state index contributed by atoms with van der Waals surface area (Å²) in [6, 6.07) is 1.71. The summed E-state index contributed by atoms with van der Waals surface area (Å²) in [6.07, 6.45) is 11.8. The molecule has 2 fully saturated rings. The second kappa shape index (κ2) is 7.53. The molecule has 0 bridgehead atoms. The van der Waals surface area contributed by atoms with E-state index in [1.165, 1.54) is 37.1 Å². The number of rotatable bonds is 3. The van der Waals surface area contributed by atoms with Gasteiger partial charge in [-0.15, -0.1) is 0 Å². The number of nitrogens with one attached hydrogen (secondary N) is 1. The first-order chi connectivity index (χ1) is 13.6. The molecule has 1 atom stereocenters. The van der Waals surface area contributed by atoms with E-state index in [1.807, 2.05) is 6.07 Å². The van der Waals surface area contributed by atoms with Gasteiger partial charge in [0.15, 0.2) is 5.84 Å². The molecule has 4 aliphatic rings. The highest BCUT2D eigenvalue weighted by atomic mass is 16.3. The first-order valence-corrected chi connectivity index (χ1v) is 9.77. The fourth-order valence-electron chi connectivity index (χ4n) is 4.14. The Hall–Kier alpha value is -3.04. The summed E-state index contributed by atoms with van der Waals surface area (Å²) in [4.78, 5) is 18.5. The number of hydrazone groups is 1. The zero-order valence-corrected chi connectivity index (χ0v) is 15.8. The Morgan fingerprint density at radius 1 is 1.39 bits per heavy atom. The molecule has 1 saturated carbocycles. The lowest BCUT2D eigenvalue weighted by Gasteiger charge is -2.48. The fraction of sp³-hybridized carbons (Fsp3) is 0.550. The van der Waals surface area contributed by atoms with Gasteiger partial charge >= 0.3 is 0 Å². The van der Waals surface area contributed by atoms with Crippen LogP contribution in [-0.4, -0.2) is 58.6 Å². The van der Waals surface area contributed by atoms with Gasteiger partial charge < -0.3 is 15.3 Å². The van der Waals surface area contributed by atoms with Crippen molar-refractivity contribution in [3.63, 3.8) is 0 Å². The van der Waals surface area contributed by atoms with E-state index in [0.717, 1.165) is 18.9 Å². The summed E-state index contributed by atoms with van der Waals surface area (Å²) in [5, 5.41) is 27.4.